The molecule has 0 atom stereocenters. The maximum Gasteiger partial charge on any atom is 0.344 e. The summed E-state index contributed by atoms with van der Waals surface area (Å²) >= 11 is 0. The molecule has 0 heterocycles. The number of nitrogens with zero attached hydrogens (tertiary/aromatic N) is 2. The van der Waals surface area contributed by atoms with Crippen molar-refractivity contribution in [1.82, 2.24) is 0 Å². The zero-order valence-corrected chi connectivity index (χ0v) is 11.7. The number of para-hydroxylation sites is 1. The van der Waals surface area contributed by atoms with Crippen LogP contribution in [0.1, 0.15) is 16.7 Å². The minimum atomic E-state index is -0.530. The Bertz CT molecular complexity index is 740. The molecule has 0 fully saturated rings. The van der Waals surface area contributed by atoms with Gasteiger partial charge < -0.3 is 9.47 Å². The predicted molar refractivity (Wildman–Crippen MR) is 77.6 cm³/mol. The SMILES string of the molecule is N#Cc1ccc(COC(=O)COc2ccccc2C#N)cc1. The van der Waals surface area contributed by atoms with Crippen molar-refractivity contribution in [2.24, 2.45) is 0 Å². The van der Waals surface area contributed by atoms with Crippen molar-refractivity contribution in [3.63, 3.8) is 0 Å². The summed E-state index contributed by atoms with van der Waals surface area (Å²) in [5, 5.41) is 17.6. The number of hydrogen-bond acceptors (Lipinski definition) is 5. The Morgan fingerprint density at radius 1 is 1.00 bits per heavy atom. The normalized spacial score (nSPS) is 9.36. The molecule has 0 bridgehead atoms. The fourth-order valence-electron chi connectivity index (χ4n) is 1.70. The topological polar surface area (TPSA) is 83.1 Å². The largest absolute Gasteiger partial charge is 0.481 e. The van der Waals surface area contributed by atoms with Crippen molar-refractivity contribution < 1.29 is 14.3 Å². The van der Waals surface area contributed by atoms with Crippen molar-refractivity contribution in [3.05, 3.63) is 65.2 Å². The van der Waals surface area contributed by atoms with Crippen molar-refractivity contribution in [2.75, 3.05) is 6.61 Å². The predicted octanol–water partition coefficient (Wildman–Crippen LogP) is 2.55. The molecule has 2 aromatic rings. The van der Waals surface area contributed by atoms with Crippen LogP contribution in [0.3, 0.4) is 0 Å². The van der Waals surface area contributed by atoms with Crippen molar-refractivity contribution in [2.45, 2.75) is 6.61 Å². The highest BCUT2D eigenvalue weighted by Crippen LogP contribution is 2.16. The molecule has 0 aromatic heterocycles. The molecule has 2 aromatic carbocycles. The number of benzene rings is 2. The molecule has 0 aliphatic heterocycles. The van der Waals surface area contributed by atoms with Crippen LogP contribution in [0, 0.1) is 22.7 Å². The number of carbonyl (C=O) groups excluding carboxylic acids is 1. The first-order valence-electron chi connectivity index (χ1n) is 6.49. The third kappa shape index (κ3) is 4.09. The number of nitriles is 2. The minimum absolute atomic E-state index is 0.105. The summed E-state index contributed by atoms with van der Waals surface area (Å²) in [4.78, 5) is 11.6. The second-order valence-electron chi connectivity index (χ2n) is 4.37. The summed E-state index contributed by atoms with van der Waals surface area (Å²) in [6.07, 6.45) is 0. The third-order valence-electron chi connectivity index (χ3n) is 2.84. The minimum Gasteiger partial charge on any atom is -0.481 e. The van der Waals surface area contributed by atoms with Crippen LogP contribution in [-0.2, 0) is 16.1 Å². The molecule has 22 heavy (non-hydrogen) atoms. The number of carbonyl (C=O) groups is 1. The molecular weight excluding hydrogens is 280 g/mol. The van der Waals surface area contributed by atoms with Gasteiger partial charge in [-0.05, 0) is 29.8 Å². The number of ether oxygens (including phenoxy) is 2. The van der Waals surface area contributed by atoms with Gasteiger partial charge in [0.25, 0.3) is 0 Å². The molecule has 0 spiro atoms. The van der Waals surface area contributed by atoms with Crippen LogP contribution in [0.5, 0.6) is 5.75 Å². The lowest BCUT2D eigenvalue weighted by molar-refractivity contribution is -0.147. The van der Waals surface area contributed by atoms with Crippen molar-refractivity contribution in [1.29, 1.82) is 10.5 Å². The average molecular weight is 292 g/mol. The van der Waals surface area contributed by atoms with Crippen LogP contribution in [0.25, 0.3) is 0 Å². The fourth-order valence-corrected chi connectivity index (χ4v) is 1.70. The van der Waals surface area contributed by atoms with Crippen molar-refractivity contribution in [3.8, 4) is 17.9 Å². The Hall–Kier alpha value is -3.31. The number of hydrogen-bond donors (Lipinski definition) is 0. The van der Waals surface area contributed by atoms with E-state index in [1.54, 1.807) is 48.5 Å². The molecule has 0 aliphatic rings. The van der Waals surface area contributed by atoms with E-state index in [2.05, 4.69) is 0 Å². The van der Waals surface area contributed by atoms with Crippen LogP contribution >= 0.6 is 0 Å². The highest BCUT2D eigenvalue weighted by atomic mass is 16.6. The van der Waals surface area contributed by atoms with E-state index in [-0.39, 0.29) is 13.2 Å². The van der Waals surface area contributed by atoms with E-state index in [4.69, 9.17) is 20.0 Å². The maximum absolute atomic E-state index is 11.6. The van der Waals surface area contributed by atoms with Gasteiger partial charge in [-0.3, -0.25) is 0 Å². The lowest BCUT2D eigenvalue weighted by atomic mass is 10.2. The van der Waals surface area contributed by atoms with Crippen LogP contribution < -0.4 is 4.74 Å². The second kappa shape index (κ2) is 7.47. The Balaban J connectivity index is 1.83. The van der Waals surface area contributed by atoms with Gasteiger partial charge in [-0.15, -0.1) is 0 Å². The highest BCUT2D eigenvalue weighted by Gasteiger charge is 2.07. The number of esters is 1. The first-order valence-corrected chi connectivity index (χ1v) is 6.49. The van der Waals surface area contributed by atoms with Gasteiger partial charge in [0.1, 0.15) is 18.4 Å². The maximum atomic E-state index is 11.6. The van der Waals surface area contributed by atoms with Gasteiger partial charge in [0, 0.05) is 0 Å². The molecular formula is C17H12N2O3. The van der Waals surface area contributed by atoms with Gasteiger partial charge in [0.15, 0.2) is 6.61 Å². The zero-order valence-electron chi connectivity index (χ0n) is 11.7. The molecule has 0 aliphatic carbocycles. The van der Waals surface area contributed by atoms with Gasteiger partial charge in [-0.2, -0.15) is 10.5 Å². The van der Waals surface area contributed by atoms with E-state index in [9.17, 15) is 4.79 Å². The molecule has 0 N–H and O–H groups in total. The summed E-state index contributed by atoms with van der Waals surface area (Å²) < 4.78 is 10.3. The Labute approximate surface area is 127 Å². The van der Waals surface area contributed by atoms with E-state index in [1.807, 2.05) is 12.1 Å². The number of rotatable bonds is 5. The Morgan fingerprint density at radius 3 is 2.41 bits per heavy atom. The quantitative estimate of drug-likeness (QED) is 0.791. The summed E-state index contributed by atoms with van der Waals surface area (Å²) in [5.41, 5.74) is 1.69. The lowest BCUT2D eigenvalue weighted by Gasteiger charge is -2.08. The van der Waals surface area contributed by atoms with Gasteiger partial charge in [0.2, 0.25) is 0 Å². The van der Waals surface area contributed by atoms with E-state index < -0.39 is 5.97 Å². The molecule has 0 radical (unpaired) electrons. The molecule has 0 saturated heterocycles. The molecule has 2 rings (SSSR count). The zero-order chi connectivity index (χ0) is 15.8. The molecule has 108 valence electrons. The van der Waals surface area contributed by atoms with Gasteiger partial charge >= 0.3 is 5.97 Å². The Kier molecular flexibility index (Phi) is 5.12. The summed E-state index contributed by atoms with van der Waals surface area (Å²) in [7, 11) is 0. The Morgan fingerprint density at radius 2 is 1.73 bits per heavy atom. The highest BCUT2D eigenvalue weighted by molar-refractivity contribution is 5.71. The van der Waals surface area contributed by atoms with Gasteiger partial charge in [-0.1, -0.05) is 24.3 Å². The van der Waals surface area contributed by atoms with Crippen molar-refractivity contribution >= 4 is 5.97 Å². The van der Waals surface area contributed by atoms with E-state index in [1.165, 1.54) is 0 Å². The van der Waals surface area contributed by atoms with E-state index in [0.29, 0.717) is 16.9 Å². The second-order valence-corrected chi connectivity index (χ2v) is 4.37. The van der Waals surface area contributed by atoms with Crippen LogP contribution in [0.15, 0.2) is 48.5 Å². The van der Waals surface area contributed by atoms with E-state index in [0.717, 1.165) is 5.56 Å². The summed E-state index contributed by atoms with van der Waals surface area (Å²) in [6.45, 7) is -0.164. The average Bonchev–Trinajstić information content (AvgIpc) is 2.58. The third-order valence-corrected chi connectivity index (χ3v) is 2.84. The van der Waals surface area contributed by atoms with E-state index >= 15 is 0 Å². The molecule has 5 nitrogen and oxygen atoms in total. The van der Waals surface area contributed by atoms with Crippen LogP contribution in [0.4, 0.5) is 0 Å². The fraction of sp³-hybridized carbons (Fsp3) is 0.118. The lowest BCUT2D eigenvalue weighted by Crippen LogP contribution is -2.15. The molecule has 5 heteroatoms. The summed E-state index contributed by atoms with van der Waals surface area (Å²) in [6, 6.07) is 17.4. The standard InChI is InChI=1S/C17H12N2O3/c18-9-13-5-7-14(8-6-13)11-22-17(20)12-21-16-4-2-1-3-15(16)10-19/h1-8H,11-12H2. The first kappa shape index (κ1) is 15.1. The molecule has 0 saturated carbocycles. The molecule has 0 unspecified atom stereocenters. The van der Waals surface area contributed by atoms with Gasteiger partial charge in [-0.25, -0.2) is 4.79 Å². The smallest absolute Gasteiger partial charge is 0.344 e. The molecule has 0 amide bonds. The summed E-state index contributed by atoms with van der Waals surface area (Å²) in [5.74, 6) is -0.183. The van der Waals surface area contributed by atoms with Crippen LogP contribution in [0.2, 0.25) is 0 Å². The first-order chi connectivity index (χ1) is 10.7. The van der Waals surface area contributed by atoms with Crippen LogP contribution in [-0.4, -0.2) is 12.6 Å². The van der Waals surface area contributed by atoms with Gasteiger partial charge in [0.05, 0.1) is 17.2 Å². The monoisotopic (exact) mass is 292 g/mol.